The molecule has 0 aliphatic heterocycles. The van der Waals surface area contributed by atoms with Crippen molar-refractivity contribution < 1.29 is 4.74 Å². The number of allylic oxidation sites excluding steroid dienone is 4. The van der Waals surface area contributed by atoms with Gasteiger partial charge in [0, 0.05) is 6.42 Å². The molecule has 1 atom stereocenters. The van der Waals surface area contributed by atoms with E-state index in [1.54, 1.807) is 6.26 Å². The molecule has 64 valence electrons. The smallest absolute Gasteiger partial charge is 0.291 e. The van der Waals surface area contributed by atoms with Crippen molar-refractivity contribution >= 4 is 0 Å². The van der Waals surface area contributed by atoms with Gasteiger partial charge in [0.1, 0.15) is 5.76 Å². The average molecular weight is 163 g/mol. The van der Waals surface area contributed by atoms with Crippen LogP contribution in [0.3, 0.4) is 0 Å². The Morgan fingerprint density at radius 2 is 2.58 bits per heavy atom. The number of hydrogen-bond acceptors (Lipinski definition) is 2. The fraction of sp³-hybridized carbons (Fsp3) is 0.500. The lowest BCUT2D eigenvalue weighted by atomic mass is 9.99. The van der Waals surface area contributed by atoms with Crippen molar-refractivity contribution in [3.8, 4) is 6.26 Å². The van der Waals surface area contributed by atoms with Crippen molar-refractivity contribution in [1.29, 1.82) is 5.26 Å². The first-order valence-corrected chi connectivity index (χ1v) is 4.28. The number of rotatable bonds is 2. The van der Waals surface area contributed by atoms with Gasteiger partial charge in [-0.25, -0.2) is 0 Å². The SMILES string of the molecule is CCC1CC=CC=C(OC#N)C1. The molecular weight excluding hydrogens is 150 g/mol. The van der Waals surface area contributed by atoms with E-state index in [0.717, 1.165) is 25.0 Å². The van der Waals surface area contributed by atoms with E-state index < -0.39 is 0 Å². The normalized spacial score (nSPS) is 22.3. The molecule has 0 radical (unpaired) electrons. The first-order chi connectivity index (χ1) is 5.86. The van der Waals surface area contributed by atoms with Crippen molar-refractivity contribution in [2.75, 3.05) is 0 Å². The van der Waals surface area contributed by atoms with Crippen molar-refractivity contribution in [2.24, 2.45) is 5.92 Å². The van der Waals surface area contributed by atoms with Gasteiger partial charge in [-0.2, -0.15) is 0 Å². The van der Waals surface area contributed by atoms with Crippen LogP contribution in [0, 0.1) is 17.4 Å². The second-order valence-corrected chi connectivity index (χ2v) is 2.97. The average Bonchev–Trinajstić information content (AvgIpc) is 2.30. The maximum atomic E-state index is 8.33. The van der Waals surface area contributed by atoms with E-state index in [1.807, 2.05) is 12.2 Å². The summed E-state index contributed by atoms with van der Waals surface area (Å²) in [4.78, 5) is 0. The molecule has 2 heteroatoms. The molecule has 1 aliphatic rings. The summed E-state index contributed by atoms with van der Waals surface area (Å²) in [6, 6.07) is 0. The molecule has 0 heterocycles. The zero-order valence-electron chi connectivity index (χ0n) is 7.29. The minimum absolute atomic E-state index is 0.628. The quantitative estimate of drug-likeness (QED) is 0.586. The van der Waals surface area contributed by atoms with Crippen LogP contribution in [0.15, 0.2) is 24.0 Å². The zero-order valence-corrected chi connectivity index (χ0v) is 7.29. The topological polar surface area (TPSA) is 33.0 Å². The lowest BCUT2D eigenvalue weighted by molar-refractivity contribution is 0.325. The maximum absolute atomic E-state index is 8.33. The first-order valence-electron chi connectivity index (χ1n) is 4.28. The van der Waals surface area contributed by atoms with E-state index in [2.05, 4.69) is 13.0 Å². The fourth-order valence-corrected chi connectivity index (χ4v) is 1.33. The van der Waals surface area contributed by atoms with Crippen molar-refractivity contribution in [1.82, 2.24) is 0 Å². The predicted molar refractivity (Wildman–Crippen MR) is 46.9 cm³/mol. The van der Waals surface area contributed by atoms with Crippen LogP contribution in [-0.2, 0) is 4.74 Å². The number of nitrogens with zero attached hydrogens (tertiary/aromatic N) is 1. The number of nitriles is 1. The lowest BCUT2D eigenvalue weighted by Gasteiger charge is -2.10. The number of ether oxygens (including phenoxy) is 1. The summed E-state index contributed by atoms with van der Waals surface area (Å²) in [5.41, 5.74) is 0. The highest BCUT2D eigenvalue weighted by molar-refractivity contribution is 5.12. The molecule has 0 amide bonds. The summed E-state index contributed by atoms with van der Waals surface area (Å²) in [5, 5.41) is 8.33. The Morgan fingerprint density at radius 1 is 1.75 bits per heavy atom. The van der Waals surface area contributed by atoms with Crippen LogP contribution < -0.4 is 0 Å². The Labute approximate surface area is 73.1 Å². The van der Waals surface area contributed by atoms with Gasteiger partial charge in [-0.05, 0) is 18.4 Å². The molecule has 0 N–H and O–H groups in total. The van der Waals surface area contributed by atoms with Crippen LogP contribution in [0.5, 0.6) is 0 Å². The summed E-state index contributed by atoms with van der Waals surface area (Å²) < 4.78 is 4.81. The summed E-state index contributed by atoms with van der Waals surface area (Å²) in [6.07, 6.45) is 10.8. The molecule has 0 fully saturated rings. The highest BCUT2D eigenvalue weighted by atomic mass is 16.5. The van der Waals surface area contributed by atoms with E-state index in [-0.39, 0.29) is 0 Å². The van der Waals surface area contributed by atoms with Crippen LogP contribution >= 0.6 is 0 Å². The Hall–Kier alpha value is -1.23. The summed E-state index contributed by atoms with van der Waals surface area (Å²) >= 11 is 0. The van der Waals surface area contributed by atoms with E-state index in [4.69, 9.17) is 10.00 Å². The highest BCUT2D eigenvalue weighted by Gasteiger charge is 2.10. The second kappa shape index (κ2) is 4.61. The standard InChI is InChI=1S/C10H13NO/c1-2-9-5-3-4-6-10(7-9)12-8-11/h3-4,6,9H,2,5,7H2,1H3. The molecule has 1 rings (SSSR count). The lowest BCUT2D eigenvalue weighted by Crippen LogP contribution is -1.98. The summed E-state index contributed by atoms with van der Waals surface area (Å²) in [5.74, 6) is 1.42. The Morgan fingerprint density at radius 3 is 3.25 bits per heavy atom. The van der Waals surface area contributed by atoms with Gasteiger partial charge < -0.3 is 4.74 Å². The molecule has 0 aromatic carbocycles. The van der Waals surface area contributed by atoms with Crippen LogP contribution in [0.25, 0.3) is 0 Å². The Balaban J connectivity index is 2.57. The van der Waals surface area contributed by atoms with E-state index in [0.29, 0.717) is 5.92 Å². The molecule has 0 saturated heterocycles. The van der Waals surface area contributed by atoms with Crippen molar-refractivity contribution in [3.63, 3.8) is 0 Å². The van der Waals surface area contributed by atoms with Gasteiger partial charge in [0.2, 0.25) is 0 Å². The molecule has 0 aromatic rings. The van der Waals surface area contributed by atoms with Crippen molar-refractivity contribution in [3.05, 3.63) is 24.0 Å². The maximum Gasteiger partial charge on any atom is 0.291 e. The molecule has 2 nitrogen and oxygen atoms in total. The molecule has 0 saturated carbocycles. The third kappa shape index (κ3) is 2.43. The van der Waals surface area contributed by atoms with Crippen LogP contribution in [0.4, 0.5) is 0 Å². The van der Waals surface area contributed by atoms with E-state index in [1.165, 1.54) is 0 Å². The van der Waals surface area contributed by atoms with Gasteiger partial charge in [-0.1, -0.05) is 25.5 Å². The molecule has 0 bridgehead atoms. The predicted octanol–water partition coefficient (Wildman–Crippen LogP) is 2.74. The van der Waals surface area contributed by atoms with Gasteiger partial charge in [0.25, 0.3) is 6.26 Å². The third-order valence-corrected chi connectivity index (χ3v) is 2.13. The Kier molecular flexibility index (Phi) is 3.40. The zero-order chi connectivity index (χ0) is 8.81. The largest absolute Gasteiger partial charge is 0.393 e. The van der Waals surface area contributed by atoms with E-state index in [9.17, 15) is 0 Å². The van der Waals surface area contributed by atoms with E-state index >= 15 is 0 Å². The Bertz CT molecular complexity index is 235. The van der Waals surface area contributed by atoms with Gasteiger partial charge in [0.05, 0.1) is 0 Å². The van der Waals surface area contributed by atoms with Crippen LogP contribution in [0.1, 0.15) is 26.2 Å². The molecule has 1 unspecified atom stereocenters. The van der Waals surface area contributed by atoms with Gasteiger partial charge in [-0.3, -0.25) is 0 Å². The van der Waals surface area contributed by atoms with Gasteiger partial charge in [0.15, 0.2) is 0 Å². The molecular formula is C10H13NO. The molecule has 0 aromatic heterocycles. The van der Waals surface area contributed by atoms with Gasteiger partial charge >= 0.3 is 0 Å². The van der Waals surface area contributed by atoms with Gasteiger partial charge in [-0.15, -0.1) is 5.26 Å². The highest BCUT2D eigenvalue weighted by Crippen LogP contribution is 2.22. The minimum atomic E-state index is 0.628. The molecule has 12 heavy (non-hydrogen) atoms. The summed E-state index contributed by atoms with van der Waals surface area (Å²) in [6.45, 7) is 2.16. The minimum Gasteiger partial charge on any atom is -0.393 e. The summed E-state index contributed by atoms with van der Waals surface area (Å²) in [7, 11) is 0. The molecule has 1 aliphatic carbocycles. The van der Waals surface area contributed by atoms with Crippen LogP contribution in [-0.4, -0.2) is 0 Å². The third-order valence-electron chi connectivity index (χ3n) is 2.13. The van der Waals surface area contributed by atoms with Crippen LogP contribution in [0.2, 0.25) is 0 Å². The number of hydrogen-bond donors (Lipinski definition) is 0. The van der Waals surface area contributed by atoms with Crippen molar-refractivity contribution in [2.45, 2.75) is 26.2 Å². The first kappa shape index (κ1) is 8.86. The fourth-order valence-electron chi connectivity index (χ4n) is 1.33. The molecule has 0 spiro atoms. The monoisotopic (exact) mass is 163 g/mol. The second-order valence-electron chi connectivity index (χ2n) is 2.97.